The lowest BCUT2D eigenvalue weighted by atomic mass is 10.0. The summed E-state index contributed by atoms with van der Waals surface area (Å²) >= 11 is 6.05. The van der Waals surface area contributed by atoms with Gasteiger partial charge >= 0.3 is 5.97 Å². The first-order valence-electron chi connectivity index (χ1n) is 7.67. The van der Waals surface area contributed by atoms with E-state index in [0.29, 0.717) is 16.8 Å². The van der Waals surface area contributed by atoms with E-state index in [0.717, 1.165) is 11.1 Å². The Morgan fingerprint density at radius 1 is 1.04 bits per heavy atom. The molecule has 0 aliphatic carbocycles. The Bertz CT molecular complexity index is 791. The second-order valence-corrected chi connectivity index (χ2v) is 6.32. The number of carbonyl (C=O) groups is 2. The van der Waals surface area contributed by atoms with Gasteiger partial charge in [-0.15, -0.1) is 0 Å². The van der Waals surface area contributed by atoms with Gasteiger partial charge in [-0.05, 0) is 63.4 Å². The summed E-state index contributed by atoms with van der Waals surface area (Å²) in [5.74, 6) is -0.894. The van der Waals surface area contributed by atoms with E-state index < -0.39 is 12.1 Å². The van der Waals surface area contributed by atoms with Crippen LogP contribution in [-0.2, 0) is 4.74 Å². The molecule has 0 spiro atoms. The minimum absolute atomic E-state index is 0.0864. The Morgan fingerprint density at radius 3 is 2.29 bits per heavy atom. The van der Waals surface area contributed by atoms with Gasteiger partial charge in [0.05, 0.1) is 5.56 Å². The average Bonchev–Trinajstić information content (AvgIpc) is 2.48. The molecule has 1 heterocycles. The molecule has 2 rings (SSSR count). The zero-order valence-corrected chi connectivity index (χ0v) is 15.2. The number of ether oxygens (including phenoxy) is 1. The predicted molar refractivity (Wildman–Crippen MR) is 93.8 cm³/mol. The fourth-order valence-electron chi connectivity index (χ4n) is 2.44. The zero-order chi connectivity index (χ0) is 18.0. The molecular formula is C19H20ClNO3. The van der Waals surface area contributed by atoms with E-state index >= 15 is 0 Å². The van der Waals surface area contributed by atoms with Gasteiger partial charge in [0.1, 0.15) is 5.15 Å². The van der Waals surface area contributed by atoms with Gasteiger partial charge in [0.15, 0.2) is 6.10 Å². The van der Waals surface area contributed by atoms with Crippen molar-refractivity contribution in [1.29, 1.82) is 0 Å². The molecule has 126 valence electrons. The first-order chi connectivity index (χ1) is 11.2. The highest BCUT2D eigenvalue weighted by Gasteiger charge is 2.24. The molecule has 0 fully saturated rings. The summed E-state index contributed by atoms with van der Waals surface area (Å²) in [4.78, 5) is 28.9. The average molecular weight is 346 g/mol. The highest BCUT2D eigenvalue weighted by molar-refractivity contribution is 6.32. The van der Waals surface area contributed by atoms with E-state index in [1.165, 1.54) is 0 Å². The maximum absolute atomic E-state index is 12.5. The smallest absolute Gasteiger partial charge is 0.342 e. The van der Waals surface area contributed by atoms with Crippen LogP contribution in [0.5, 0.6) is 0 Å². The maximum atomic E-state index is 12.5. The van der Waals surface area contributed by atoms with Gasteiger partial charge in [0, 0.05) is 11.3 Å². The van der Waals surface area contributed by atoms with Crippen LogP contribution in [0, 0.1) is 27.7 Å². The summed E-state index contributed by atoms with van der Waals surface area (Å²) in [5, 5.41) is 0.0864. The molecule has 1 aromatic heterocycles. The second kappa shape index (κ2) is 7.14. The predicted octanol–water partition coefficient (Wildman–Crippen LogP) is 4.40. The van der Waals surface area contributed by atoms with Crippen molar-refractivity contribution in [3.63, 3.8) is 0 Å². The van der Waals surface area contributed by atoms with E-state index in [1.807, 2.05) is 19.9 Å². The Hall–Kier alpha value is -2.20. The monoisotopic (exact) mass is 345 g/mol. The van der Waals surface area contributed by atoms with Crippen molar-refractivity contribution in [3.05, 3.63) is 62.9 Å². The zero-order valence-electron chi connectivity index (χ0n) is 14.4. The molecule has 24 heavy (non-hydrogen) atoms. The van der Waals surface area contributed by atoms with E-state index in [1.54, 1.807) is 39.0 Å². The van der Waals surface area contributed by atoms with Crippen LogP contribution in [-0.4, -0.2) is 22.8 Å². The van der Waals surface area contributed by atoms with Crippen molar-refractivity contribution in [1.82, 2.24) is 4.98 Å². The molecule has 0 N–H and O–H groups in total. The lowest BCUT2D eigenvalue weighted by Gasteiger charge is -2.15. The van der Waals surface area contributed by atoms with Gasteiger partial charge in [0.2, 0.25) is 5.78 Å². The van der Waals surface area contributed by atoms with E-state index in [9.17, 15) is 9.59 Å². The fraction of sp³-hybridized carbons (Fsp3) is 0.316. The van der Waals surface area contributed by atoms with Crippen LogP contribution >= 0.6 is 11.6 Å². The summed E-state index contributed by atoms with van der Waals surface area (Å²) in [5.41, 5.74) is 4.22. The van der Waals surface area contributed by atoms with Crippen LogP contribution in [0.4, 0.5) is 0 Å². The van der Waals surface area contributed by atoms with Crippen LogP contribution in [0.1, 0.15) is 50.0 Å². The molecule has 0 aliphatic rings. The number of nitrogens with zero attached hydrogens (tertiary/aromatic N) is 1. The summed E-state index contributed by atoms with van der Waals surface area (Å²) in [6.07, 6.45) is -0.906. The number of benzene rings is 1. The molecule has 0 unspecified atom stereocenters. The van der Waals surface area contributed by atoms with Crippen LogP contribution in [0.3, 0.4) is 0 Å². The van der Waals surface area contributed by atoms with Crippen molar-refractivity contribution in [2.75, 3.05) is 0 Å². The normalized spacial score (nSPS) is 11.9. The molecule has 0 saturated heterocycles. The minimum Gasteiger partial charge on any atom is -0.451 e. The number of hydrogen-bond acceptors (Lipinski definition) is 4. The number of esters is 1. The third-order valence-corrected chi connectivity index (χ3v) is 4.22. The third kappa shape index (κ3) is 3.82. The number of Topliss-reactive ketones (excluding diaryl/α,β-unsaturated/α-hetero) is 1. The molecule has 4 nitrogen and oxygen atoms in total. The molecule has 1 aromatic carbocycles. The van der Waals surface area contributed by atoms with Gasteiger partial charge in [-0.25, -0.2) is 9.78 Å². The van der Waals surface area contributed by atoms with Gasteiger partial charge in [-0.1, -0.05) is 23.7 Å². The second-order valence-electron chi connectivity index (χ2n) is 5.96. The lowest BCUT2D eigenvalue weighted by Crippen LogP contribution is -2.25. The van der Waals surface area contributed by atoms with Gasteiger partial charge < -0.3 is 4.74 Å². The number of pyridine rings is 1. The number of aryl methyl sites for hydroxylation is 4. The molecule has 0 aliphatic heterocycles. The number of aromatic nitrogens is 1. The fourth-order valence-corrected chi connectivity index (χ4v) is 2.80. The SMILES string of the molecule is Cc1cc(C)c(C(=O)O[C@H](C)C(=O)c2ccc(C)c(C)c2)c(Cl)n1. The third-order valence-electron chi connectivity index (χ3n) is 3.95. The molecule has 5 heteroatoms. The summed E-state index contributed by atoms with van der Waals surface area (Å²) in [6, 6.07) is 7.16. The number of halogens is 1. The van der Waals surface area contributed by atoms with E-state index in [2.05, 4.69) is 4.98 Å². The summed E-state index contributed by atoms with van der Waals surface area (Å²) in [7, 11) is 0. The molecule has 0 radical (unpaired) electrons. The van der Waals surface area contributed by atoms with Crippen LogP contribution in [0.2, 0.25) is 5.15 Å². The quantitative estimate of drug-likeness (QED) is 0.468. The Balaban J connectivity index is 2.19. The molecule has 0 bridgehead atoms. The molecule has 2 aromatic rings. The first-order valence-corrected chi connectivity index (χ1v) is 8.04. The largest absolute Gasteiger partial charge is 0.451 e. The standard InChI is InChI=1S/C19H20ClNO3/c1-10-6-7-15(9-11(10)2)17(22)14(5)24-19(23)16-12(3)8-13(4)21-18(16)20/h6-9,14H,1-5H3/t14-/m1/s1. The Labute approximate surface area is 146 Å². The maximum Gasteiger partial charge on any atom is 0.342 e. The molecular weight excluding hydrogens is 326 g/mol. The molecule has 1 atom stereocenters. The number of rotatable bonds is 4. The Morgan fingerprint density at radius 2 is 1.71 bits per heavy atom. The number of carbonyl (C=O) groups excluding carboxylic acids is 2. The Kier molecular flexibility index (Phi) is 5.40. The summed E-state index contributed by atoms with van der Waals surface area (Å²) in [6.45, 7) is 9.01. The minimum atomic E-state index is -0.906. The topological polar surface area (TPSA) is 56.3 Å². The lowest BCUT2D eigenvalue weighted by molar-refractivity contribution is 0.0318. The number of ketones is 1. The van der Waals surface area contributed by atoms with Crippen LogP contribution in [0.25, 0.3) is 0 Å². The highest BCUT2D eigenvalue weighted by Crippen LogP contribution is 2.21. The van der Waals surface area contributed by atoms with Crippen molar-refractivity contribution in [3.8, 4) is 0 Å². The van der Waals surface area contributed by atoms with Crippen molar-refractivity contribution >= 4 is 23.4 Å². The van der Waals surface area contributed by atoms with Gasteiger partial charge in [-0.2, -0.15) is 0 Å². The van der Waals surface area contributed by atoms with Crippen molar-refractivity contribution in [2.45, 2.75) is 40.7 Å². The van der Waals surface area contributed by atoms with E-state index in [-0.39, 0.29) is 16.5 Å². The highest BCUT2D eigenvalue weighted by atomic mass is 35.5. The van der Waals surface area contributed by atoms with Crippen LogP contribution < -0.4 is 0 Å². The molecule has 0 saturated carbocycles. The van der Waals surface area contributed by atoms with Gasteiger partial charge in [0.25, 0.3) is 0 Å². The van der Waals surface area contributed by atoms with E-state index in [4.69, 9.17) is 16.3 Å². The summed E-state index contributed by atoms with van der Waals surface area (Å²) < 4.78 is 5.31. The van der Waals surface area contributed by atoms with Gasteiger partial charge in [-0.3, -0.25) is 4.79 Å². The van der Waals surface area contributed by atoms with Crippen LogP contribution in [0.15, 0.2) is 24.3 Å². The number of hydrogen-bond donors (Lipinski definition) is 0. The first kappa shape index (κ1) is 18.1. The van der Waals surface area contributed by atoms with Crippen molar-refractivity contribution in [2.24, 2.45) is 0 Å². The van der Waals surface area contributed by atoms with Crippen molar-refractivity contribution < 1.29 is 14.3 Å². The molecule has 0 amide bonds.